The lowest BCUT2D eigenvalue weighted by atomic mass is 10.1. The van der Waals surface area contributed by atoms with Crippen LogP contribution in [0.5, 0.6) is 5.75 Å². The summed E-state index contributed by atoms with van der Waals surface area (Å²) in [5.41, 5.74) is 2.64. The number of alkyl halides is 1. The largest absolute Gasteiger partial charge is 0.487 e. The van der Waals surface area contributed by atoms with Gasteiger partial charge in [0.15, 0.2) is 0 Å². The maximum atomic E-state index is 5.84. The molecule has 15 heavy (non-hydrogen) atoms. The molecule has 0 saturated carbocycles. The fourth-order valence-electron chi connectivity index (χ4n) is 1.96. The minimum Gasteiger partial charge on any atom is -0.487 e. The molecule has 0 bridgehead atoms. The second-order valence-electron chi connectivity index (χ2n) is 4.78. The first-order chi connectivity index (χ1) is 7.11. The predicted molar refractivity (Wildman–Crippen MR) is 63.9 cm³/mol. The van der Waals surface area contributed by atoms with Crippen LogP contribution in [0.15, 0.2) is 18.2 Å². The van der Waals surface area contributed by atoms with E-state index in [0.29, 0.717) is 5.88 Å². The molecule has 1 aliphatic carbocycles. The predicted octanol–water partition coefficient (Wildman–Crippen LogP) is 3.57. The van der Waals surface area contributed by atoms with Crippen molar-refractivity contribution in [3.8, 4) is 5.75 Å². The van der Waals surface area contributed by atoms with E-state index >= 15 is 0 Å². The number of fused-ring (bicyclic) bond motifs is 1. The number of benzene rings is 1. The van der Waals surface area contributed by atoms with Crippen molar-refractivity contribution >= 4 is 11.6 Å². The van der Waals surface area contributed by atoms with Crippen LogP contribution in [0.2, 0.25) is 0 Å². The van der Waals surface area contributed by atoms with E-state index in [1.807, 2.05) is 13.8 Å². The summed E-state index contributed by atoms with van der Waals surface area (Å²) >= 11 is 5.84. The van der Waals surface area contributed by atoms with Crippen molar-refractivity contribution < 1.29 is 4.74 Å². The molecular weight excluding hydrogens is 208 g/mol. The van der Waals surface area contributed by atoms with Crippen LogP contribution in [-0.2, 0) is 12.8 Å². The summed E-state index contributed by atoms with van der Waals surface area (Å²) < 4.78 is 5.84. The van der Waals surface area contributed by atoms with Gasteiger partial charge in [0.2, 0.25) is 0 Å². The molecule has 0 N–H and O–H groups in total. The molecule has 0 saturated heterocycles. The van der Waals surface area contributed by atoms with Gasteiger partial charge in [0, 0.05) is 0 Å². The molecule has 0 fully saturated rings. The summed E-state index contributed by atoms with van der Waals surface area (Å²) in [7, 11) is 0. The smallest absolute Gasteiger partial charge is 0.120 e. The van der Waals surface area contributed by atoms with Crippen LogP contribution in [-0.4, -0.2) is 11.5 Å². The highest BCUT2D eigenvalue weighted by Gasteiger charge is 2.19. The molecule has 0 aromatic heterocycles. The minimum atomic E-state index is -0.283. The molecule has 1 aliphatic rings. The van der Waals surface area contributed by atoms with E-state index in [9.17, 15) is 0 Å². The molecule has 1 nitrogen and oxygen atoms in total. The van der Waals surface area contributed by atoms with Crippen molar-refractivity contribution in [3.05, 3.63) is 29.3 Å². The summed E-state index contributed by atoms with van der Waals surface area (Å²) in [5, 5.41) is 0. The maximum Gasteiger partial charge on any atom is 0.120 e. The molecule has 82 valence electrons. The van der Waals surface area contributed by atoms with Crippen molar-refractivity contribution in [2.45, 2.75) is 38.7 Å². The average molecular weight is 225 g/mol. The molecule has 2 heteroatoms. The standard InChI is InChI=1S/C13H17ClO/c1-13(2,9-14)15-12-7-6-10-4-3-5-11(10)8-12/h6-8H,3-5,9H2,1-2H3. The topological polar surface area (TPSA) is 9.23 Å². The Kier molecular flexibility index (Phi) is 2.92. The van der Waals surface area contributed by atoms with Gasteiger partial charge in [0.25, 0.3) is 0 Å². The van der Waals surface area contributed by atoms with E-state index in [1.54, 1.807) is 0 Å². The summed E-state index contributed by atoms with van der Waals surface area (Å²) in [5.74, 6) is 1.45. The SMILES string of the molecule is CC(C)(CCl)Oc1ccc2c(c1)CCC2. The molecule has 1 aromatic carbocycles. The van der Waals surface area contributed by atoms with Crippen LogP contribution in [0.4, 0.5) is 0 Å². The van der Waals surface area contributed by atoms with Crippen molar-refractivity contribution in [3.63, 3.8) is 0 Å². The van der Waals surface area contributed by atoms with Crippen LogP contribution in [0.25, 0.3) is 0 Å². The van der Waals surface area contributed by atoms with Crippen LogP contribution < -0.4 is 4.74 Å². The zero-order valence-corrected chi connectivity index (χ0v) is 10.1. The van der Waals surface area contributed by atoms with E-state index in [2.05, 4.69) is 18.2 Å². The van der Waals surface area contributed by atoms with Gasteiger partial charge in [-0.1, -0.05) is 6.07 Å². The first-order valence-corrected chi connectivity index (χ1v) is 6.01. The fourth-order valence-corrected chi connectivity index (χ4v) is 2.01. The molecule has 0 spiro atoms. The van der Waals surface area contributed by atoms with Gasteiger partial charge in [0.05, 0.1) is 5.88 Å². The summed E-state index contributed by atoms with van der Waals surface area (Å²) in [6.45, 7) is 4.01. The Bertz CT molecular complexity index is 358. The lowest BCUT2D eigenvalue weighted by molar-refractivity contribution is 0.134. The first-order valence-electron chi connectivity index (χ1n) is 5.47. The first kappa shape index (κ1) is 10.8. The molecule has 0 amide bonds. The Morgan fingerprint density at radius 2 is 2.00 bits per heavy atom. The maximum absolute atomic E-state index is 5.84. The second kappa shape index (κ2) is 4.05. The van der Waals surface area contributed by atoms with Crippen LogP contribution in [0.1, 0.15) is 31.4 Å². The van der Waals surface area contributed by atoms with Gasteiger partial charge in [-0.15, -0.1) is 11.6 Å². The molecule has 2 rings (SSSR count). The van der Waals surface area contributed by atoms with Gasteiger partial charge in [-0.25, -0.2) is 0 Å². The van der Waals surface area contributed by atoms with Gasteiger partial charge < -0.3 is 4.74 Å². The number of ether oxygens (including phenoxy) is 1. The molecular formula is C13H17ClO. The second-order valence-corrected chi connectivity index (χ2v) is 5.05. The number of rotatable bonds is 3. The van der Waals surface area contributed by atoms with E-state index in [0.717, 1.165) is 5.75 Å². The van der Waals surface area contributed by atoms with Gasteiger partial charge >= 0.3 is 0 Å². The van der Waals surface area contributed by atoms with Crippen molar-refractivity contribution in [2.24, 2.45) is 0 Å². The molecule has 0 radical (unpaired) electrons. The van der Waals surface area contributed by atoms with E-state index in [-0.39, 0.29) is 5.60 Å². The Balaban J connectivity index is 2.17. The van der Waals surface area contributed by atoms with Crippen LogP contribution in [0.3, 0.4) is 0 Å². The zero-order chi connectivity index (χ0) is 10.9. The zero-order valence-electron chi connectivity index (χ0n) is 9.35. The average Bonchev–Trinajstić information content (AvgIpc) is 2.64. The Morgan fingerprint density at radius 1 is 1.27 bits per heavy atom. The highest BCUT2D eigenvalue weighted by Crippen LogP contribution is 2.28. The third-order valence-corrected chi connectivity index (χ3v) is 3.43. The van der Waals surface area contributed by atoms with E-state index < -0.39 is 0 Å². The molecule has 0 aliphatic heterocycles. The quantitative estimate of drug-likeness (QED) is 0.714. The number of aryl methyl sites for hydroxylation is 2. The van der Waals surface area contributed by atoms with Crippen LogP contribution >= 0.6 is 11.6 Å². The fraction of sp³-hybridized carbons (Fsp3) is 0.538. The lowest BCUT2D eigenvalue weighted by Crippen LogP contribution is -2.30. The third-order valence-electron chi connectivity index (χ3n) is 2.79. The van der Waals surface area contributed by atoms with Crippen molar-refractivity contribution in [2.75, 3.05) is 5.88 Å². The molecule has 0 unspecified atom stereocenters. The Labute approximate surface area is 96.4 Å². The summed E-state index contributed by atoms with van der Waals surface area (Å²) in [6, 6.07) is 6.40. The van der Waals surface area contributed by atoms with Crippen molar-refractivity contribution in [1.29, 1.82) is 0 Å². The van der Waals surface area contributed by atoms with E-state index in [4.69, 9.17) is 16.3 Å². The molecule has 0 atom stereocenters. The van der Waals surface area contributed by atoms with Gasteiger partial charge in [0.1, 0.15) is 11.4 Å². The highest BCUT2D eigenvalue weighted by molar-refractivity contribution is 6.18. The number of halogens is 1. The van der Waals surface area contributed by atoms with Crippen LogP contribution in [0, 0.1) is 0 Å². The Morgan fingerprint density at radius 3 is 2.73 bits per heavy atom. The summed E-state index contributed by atoms with van der Waals surface area (Å²) in [6.07, 6.45) is 3.68. The van der Waals surface area contributed by atoms with Gasteiger partial charge in [-0.3, -0.25) is 0 Å². The lowest BCUT2D eigenvalue weighted by Gasteiger charge is -2.24. The van der Waals surface area contributed by atoms with Gasteiger partial charge in [-0.2, -0.15) is 0 Å². The van der Waals surface area contributed by atoms with Crippen molar-refractivity contribution in [1.82, 2.24) is 0 Å². The molecule has 1 aromatic rings. The minimum absolute atomic E-state index is 0.283. The van der Waals surface area contributed by atoms with Gasteiger partial charge in [-0.05, 0) is 56.4 Å². The highest BCUT2D eigenvalue weighted by atomic mass is 35.5. The summed E-state index contributed by atoms with van der Waals surface area (Å²) in [4.78, 5) is 0. The number of hydrogen-bond donors (Lipinski definition) is 0. The Hall–Kier alpha value is -0.690. The monoisotopic (exact) mass is 224 g/mol. The number of hydrogen-bond acceptors (Lipinski definition) is 1. The molecule has 0 heterocycles. The third kappa shape index (κ3) is 2.46. The van der Waals surface area contributed by atoms with E-state index in [1.165, 1.54) is 30.4 Å². The normalized spacial score (nSPS) is 15.1.